The number of alkyl halides is 2. The summed E-state index contributed by atoms with van der Waals surface area (Å²) in [5.74, 6) is -4.24. The van der Waals surface area contributed by atoms with E-state index in [0.717, 1.165) is 36.8 Å². The smallest absolute Gasteiger partial charge is 0.303 e. The highest BCUT2D eigenvalue weighted by Gasteiger charge is 2.32. The van der Waals surface area contributed by atoms with Gasteiger partial charge in [-0.25, -0.2) is 8.78 Å². The molecule has 98 valence electrons. The molecule has 0 atom stereocenters. The molecule has 0 fully saturated rings. The number of hydrogen-bond acceptors (Lipinski definition) is 1. The van der Waals surface area contributed by atoms with E-state index < -0.39 is 24.7 Å². The first-order chi connectivity index (χ1) is 8.49. The lowest BCUT2D eigenvalue weighted by Crippen LogP contribution is -2.16. The van der Waals surface area contributed by atoms with Crippen LogP contribution in [0.25, 0.3) is 0 Å². The van der Waals surface area contributed by atoms with Crippen molar-refractivity contribution in [2.45, 2.75) is 44.4 Å². The van der Waals surface area contributed by atoms with E-state index in [-0.39, 0.29) is 5.56 Å². The minimum atomic E-state index is -3.05. The molecular formula is C14H16F2O2. The van der Waals surface area contributed by atoms with Crippen molar-refractivity contribution in [2.75, 3.05) is 0 Å². The van der Waals surface area contributed by atoms with Crippen LogP contribution in [0.5, 0.6) is 0 Å². The van der Waals surface area contributed by atoms with Crippen LogP contribution in [0.1, 0.15) is 42.4 Å². The number of aryl methyl sites for hydroxylation is 2. The fraction of sp³-hybridized carbons (Fsp3) is 0.500. The molecule has 4 heteroatoms. The van der Waals surface area contributed by atoms with E-state index in [9.17, 15) is 13.6 Å². The van der Waals surface area contributed by atoms with Gasteiger partial charge in [-0.2, -0.15) is 0 Å². The van der Waals surface area contributed by atoms with Crippen LogP contribution in [0.3, 0.4) is 0 Å². The number of benzene rings is 1. The molecule has 0 heterocycles. The quantitative estimate of drug-likeness (QED) is 0.892. The highest BCUT2D eigenvalue weighted by atomic mass is 19.3. The van der Waals surface area contributed by atoms with Crippen molar-refractivity contribution in [3.05, 3.63) is 34.9 Å². The molecular weight excluding hydrogens is 238 g/mol. The highest BCUT2D eigenvalue weighted by molar-refractivity contribution is 5.66. The summed E-state index contributed by atoms with van der Waals surface area (Å²) < 4.78 is 27.6. The maximum Gasteiger partial charge on any atom is 0.303 e. The molecule has 0 saturated heterocycles. The molecule has 1 aliphatic carbocycles. The molecule has 1 N–H and O–H groups in total. The normalized spacial score (nSPS) is 15.2. The average Bonchev–Trinajstić information content (AvgIpc) is 2.36. The lowest BCUT2D eigenvalue weighted by atomic mass is 9.89. The van der Waals surface area contributed by atoms with Gasteiger partial charge >= 0.3 is 5.97 Å². The zero-order valence-corrected chi connectivity index (χ0v) is 10.1. The summed E-state index contributed by atoms with van der Waals surface area (Å²) in [4.78, 5) is 10.4. The van der Waals surface area contributed by atoms with Gasteiger partial charge in [0, 0.05) is 12.0 Å². The van der Waals surface area contributed by atoms with Crippen LogP contribution >= 0.6 is 0 Å². The second-order valence-electron chi connectivity index (χ2n) is 4.79. The van der Waals surface area contributed by atoms with Crippen LogP contribution < -0.4 is 0 Å². The molecule has 0 radical (unpaired) electrons. The SMILES string of the molecule is O=C(O)CCC(F)(F)c1ccc2c(c1)CCCC2. The van der Waals surface area contributed by atoms with Gasteiger partial charge in [0.15, 0.2) is 0 Å². The maximum atomic E-state index is 13.8. The second-order valence-corrected chi connectivity index (χ2v) is 4.79. The molecule has 0 aliphatic heterocycles. The Balaban J connectivity index is 2.19. The van der Waals surface area contributed by atoms with Crippen LogP contribution in [0, 0.1) is 0 Å². The number of fused-ring (bicyclic) bond motifs is 1. The number of carbonyl (C=O) groups is 1. The molecule has 1 aromatic rings. The standard InChI is InChI=1S/C14H16F2O2/c15-14(16,8-7-13(17)18)12-6-5-10-3-1-2-4-11(10)9-12/h5-6,9H,1-4,7-8H2,(H,17,18). The lowest BCUT2D eigenvalue weighted by molar-refractivity contribution is -0.139. The highest BCUT2D eigenvalue weighted by Crippen LogP contribution is 2.35. The zero-order chi connectivity index (χ0) is 13.2. The Morgan fingerprint density at radius 1 is 1.22 bits per heavy atom. The van der Waals surface area contributed by atoms with E-state index in [4.69, 9.17) is 5.11 Å². The van der Waals surface area contributed by atoms with Gasteiger partial charge < -0.3 is 5.11 Å². The van der Waals surface area contributed by atoms with Gasteiger partial charge in [-0.3, -0.25) is 4.79 Å². The minimum absolute atomic E-state index is 0.0515. The van der Waals surface area contributed by atoms with Crippen molar-refractivity contribution in [3.63, 3.8) is 0 Å². The number of halogens is 2. The number of rotatable bonds is 4. The number of carboxylic acid groups (broad SMARTS) is 1. The fourth-order valence-electron chi connectivity index (χ4n) is 2.37. The van der Waals surface area contributed by atoms with Crippen molar-refractivity contribution in [3.8, 4) is 0 Å². The van der Waals surface area contributed by atoms with E-state index in [0.29, 0.717) is 0 Å². The van der Waals surface area contributed by atoms with Crippen molar-refractivity contribution >= 4 is 5.97 Å². The van der Waals surface area contributed by atoms with E-state index >= 15 is 0 Å². The number of aliphatic carboxylic acids is 1. The molecule has 0 amide bonds. The monoisotopic (exact) mass is 254 g/mol. The molecule has 1 aliphatic rings. The summed E-state index contributed by atoms with van der Waals surface area (Å²) >= 11 is 0. The van der Waals surface area contributed by atoms with Gasteiger partial charge in [-0.05, 0) is 42.9 Å². The first-order valence-electron chi connectivity index (χ1n) is 6.21. The zero-order valence-electron chi connectivity index (χ0n) is 10.1. The van der Waals surface area contributed by atoms with Crippen molar-refractivity contribution < 1.29 is 18.7 Å². The van der Waals surface area contributed by atoms with Crippen molar-refractivity contribution in [1.82, 2.24) is 0 Å². The molecule has 0 aromatic heterocycles. The Bertz CT molecular complexity index is 455. The predicted octanol–water partition coefficient (Wildman–Crippen LogP) is 3.52. The van der Waals surface area contributed by atoms with E-state index in [2.05, 4.69) is 0 Å². The third-order valence-corrected chi connectivity index (χ3v) is 3.42. The predicted molar refractivity (Wildman–Crippen MR) is 63.8 cm³/mol. The average molecular weight is 254 g/mol. The van der Waals surface area contributed by atoms with Gasteiger partial charge in [0.25, 0.3) is 5.92 Å². The molecule has 0 saturated carbocycles. The van der Waals surface area contributed by atoms with E-state index in [1.54, 1.807) is 12.1 Å². The summed E-state index contributed by atoms with van der Waals surface area (Å²) in [6, 6.07) is 4.75. The first-order valence-corrected chi connectivity index (χ1v) is 6.21. The third-order valence-electron chi connectivity index (χ3n) is 3.42. The minimum Gasteiger partial charge on any atom is -0.481 e. The van der Waals surface area contributed by atoms with Gasteiger partial charge in [-0.1, -0.05) is 12.1 Å². The van der Waals surface area contributed by atoms with E-state index in [1.165, 1.54) is 6.07 Å². The summed E-state index contributed by atoms with van der Waals surface area (Å²) in [7, 11) is 0. The van der Waals surface area contributed by atoms with Gasteiger partial charge in [0.2, 0.25) is 0 Å². The molecule has 2 rings (SSSR count). The van der Waals surface area contributed by atoms with Crippen LogP contribution in [-0.4, -0.2) is 11.1 Å². The first kappa shape index (κ1) is 13.0. The molecule has 0 spiro atoms. The number of carboxylic acids is 1. The second kappa shape index (κ2) is 5.04. The van der Waals surface area contributed by atoms with Crippen LogP contribution in [0.2, 0.25) is 0 Å². The molecule has 1 aromatic carbocycles. The molecule has 0 unspecified atom stereocenters. The Labute approximate surface area is 105 Å². The van der Waals surface area contributed by atoms with Gasteiger partial charge in [0.05, 0.1) is 6.42 Å². The third kappa shape index (κ3) is 2.86. The van der Waals surface area contributed by atoms with Gasteiger partial charge in [0.1, 0.15) is 0 Å². The molecule has 2 nitrogen and oxygen atoms in total. The topological polar surface area (TPSA) is 37.3 Å². The molecule has 0 bridgehead atoms. The van der Waals surface area contributed by atoms with Crippen molar-refractivity contribution in [2.24, 2.45) is 0 Å². The van der Waals surface area contributed by atoms with E-state index in [1.807, 2.05) is 0 Å². The van der Waals surface area contributed by atoms with Gasteiger partial charge in [-0.15, -0.1) is 0 Å². The maximum absolute atomic E-state index is 13.8. The Kier molecular flexibility index (Phi) is 3.64. The van der Waals surface area contributed by atoms with Crippen LogP contribution in [0.15, 0.2) is 18.2 Å². The van der Waals surface area contributed by atoms with Crippen molar-refractivity contribution in [1.29, 1.82) is 0 Å². The summed E-state index contributed by atoms with van der Waals surface area (Å²) in [6.07, 6.45) is 2.80. The Morgan fingerprint density at radius 3 is 2.56 bits per heavy atom. The summed E-state index contributed by atoms with van der Waals surface area (Å²) in [5.41, 5.74) is 2.09. The number of hydrogen-bond donors (Lipinski definition) is 1. The fourth-order valence-corrected chi connectivity index (χ4v) is 2.37. The van der Waals surface area contributed by atoms with Crippen LogP contribution in [0.4, 0.5) is 8.78 Å². The Hall–Kier alpha value is -1.45. The summed E-state index contributed by atoms with van der Waals surface area (Å²) in [5, 5.41) is 8.48. The van der Waals surface area contributed by atoms with Crippen LogP contribution in [-0.2, 0) is 23.6 Å². The lowest BCUT2D eigenvalue weighted by Gasteiger charge is -2.20. The Morgan fingerprint density at radius 2 is 1.89 bits per heavy atom. The summed E-state index contributed by atoms with van der Waals surface area (Å²) in [6.45, 7) is 0. The molecule has 18 heavy (non-hydrogen) atoms. The largest absolute Gasteiger partial charge is 0.481 e.